The first kappa shape index (κ1) is 21.8. The van der Waals surface area contributed by atoms with Crippen molar-refractivity contribution in [2.45, 2.75) is 72.6 Å². The van der Waals surface area contributed by atoms with E-state index in [0.29, 0.717) is 0 Å². The number of unbranched alkanes of at least 4 members (excludes halogenated alkanes) is 3. The van der Waals surface area contributed by atoms with Gasteiger partial charge in [0, 0.05) is 0 Å². The van der Waals surface area contributed by atoms with Gasteiger partial charge in [0.15, 0.2) is 0 Å². The van der Waals surface area contributed by atoms with Crippen LogP contribution in [0.5, 0.6) is 0 Å². The maximum atomic E-state index is 6.15. The molecule has 0 aliphatic heterocycles. The molecule has 0 unspecified atom stereocenters. The van der Waals surface area contributed by atoms with E-state index in [1.807, 2.05) is 12.1 Å². The van der Waals surface area contributed by atoms with E-state index in [4.69, 9.17) is 11.6 Å². The summed E-state index contributed by atoms with van der Waals surface area (Å²) in [5.74, 6) is 0. The number of halogens is 1. The van der Waals surface area contributed by atoms with Crippen LogP contribution >= 0.6 is 11.6 Å². The van der Waals surface area contributed by atoms with E-state index >= 15 is 0 Å². The summed E-state index contributed by atoms with van der Waals surface area (Å²) in [6, 6.07) is 17.8. The topological polar surface area (TPSA) is 0 Å². The molecular weight excluding hydrogens is 442 g/mol. The van der Waals surface area contributed by atoms with Crippen molar-refractivity contribution in [2.75, 3.05) is 0 Å². The van der Waals surface area contributed by atoms with Crippen LogP contribution in [0.25, 0.3) is 11.1 Å². The SMILES string of the molecule is CCC[CH2][Sn]([CH2]CCC)([CH2]CCC)[c]1ccccc1-c1ccc(Cl)cc1. The predicted octanol–water partition coefficient (Wildman–Crippen LogP) is 8.06. The zero-order valence-electron chi connectivity index (χ0n) is 16.9. The average molecular weight is 478 g/mol. The van der Waals surface area contributed by atoms with E-state index in [9.17, 15) is 0 Å². The number of hydrogen-bond donors (Lipinski definition) is 0. The fourth-order valence-electron chi connectivity index (χ4n) is 4.15. The third-order valence-electron chi connectivity index (χ3n) is 5.68. The fourth-order valence-corrected chi connectivity index (χ4v) is 21.1. The molecule has 0 spiro atoms. The van der Waals surface area contributed by atoms with Crippen LogP contribution < -0.4 is 3.58 Å². The standard InChI is InChI=1S/C12H8Cl.3C4H9.Sn/c13-12-8-6-11(7-9-12)10-4-2-1-3-5-10;3*1-3-4-2;/h1-4,6-9H;3*1,3-4H2,2H3;. The maximum absolute atomic E-state index is 6.15. The van der Waals surface area contributed by atoms with Crippen LogP contribution in [-0.2, 0) is 0 Å². The van der Waals surface area contributed by atoms with Crippen LogP contribution in [0.1, 0.15) is 59.3 Å². The minimum atomic E-state index is -2.44. The first-order valence-electron chi connectivity index (χ1n) is 10.5. The quantitative estimate of drug-likeness (QED) is 0.287. The summed E-state index contributed by atoms with van der Waals surface area (Å²) in [6.07, 6.45) is 8.16. The summed E-state index contributed by atoms with van der Waals surface area (Å²) in [5.41, 5.74) is 2.83. The van der Waals surface area contributed by atoms with Gasteiger partial charge in [0.2, 0.25) is 0 Å². The van der Waals surface area contributed by atoms with Gasteiger partial charge in [-0.3, -0.25) is 0 Å². The minimum absolute atomic E-state index is 0.823. The molecule has 0 N–H and O–H groups in total. The van der Waals surface area contributed by atoms with Gasteiger partial charge in [-0.15, -0.1) is 0 Å². The Balaban J connectivity index is 2.52. The molecule has 0 amide bonds. The molecule has 0 atom stereocenters. The van der Waals surface area contributed by atoms with Gasteiger partial charge < -0.3 is 0 Å². The Morgan fingerprint density at radius 3 is 1.69 bits per heavy atom. The molecule has 0 heterocycles. The number of hydrogen-bond acceptors (Lipinski definition) is 0. The van der Waals surface area contributed by atoms with Crippen molar-refractivity contribution in [1.29, 1.82) is 0 Å². The third-order valence-corrected chi connectivity index (χ3v) is 21.7. The molecule has 2 aromatic rings. The molecule has 0 nitrogen and oxygen atoms in total. The zero-order valence-corrected chi connectivity index (χ0v) is 20.5. The summed E-state index contributed by atoms with van der Waals surface area (Å²) in [7, 11) is 0. The van der Waals surface area contributed by atoms with E-state index < -0.39 is 18.4 Å². The summed E-state index contributed by atoms with van der Waals surface area (Å²) < 4.78 is 6.29. The van der Waals surface area contributed by atoms with Crippen molar-refractivity contribution >= 4 is 33.6 Å². The van der Waals surface area contributed by atoms with Gasteiger partial charge in [-0.2, -0.15) is 0 Å². The van der Waals surface area contributed by atoms with Crippen LogP contribution in [0.4, 0.5) is 0 Å². The van der Waals surface area contributed by atoms with Crippen molar-refractivity contribution in [3.05, 3.63) is 53.6 Å². The van der Waals surface area contributed by atoms with Gasteiger partial charge in [-0.05, 0) is 0 Å². The molecule has 142 valence electrons. The summed E-state index contributed by atoms with van der Waals surface area (Å²) in [5, 5.41) is 0.823. The van der Waals surface area contributed by atoms with Crippen LogP contribution in [0, 0.1) is 0 Å². The van der Waals surface area contributed by atoms with Crippen molar-refractivity contribution in [3.8, 4) is 11.1 Å². The van der Waals surface area contributed by atoms with Crippen molar-refractivity contribution in [3.63, 3.8) is 0 Å². The van der Waals surface area contributed by atoms with E-state index in [1.165, 1.54) is 63.0 Å². The molecule has 0 aliphatic rings. The van der Waals surface area contributed by atoms with Crippen LogP contribution in [0.15, 0.2) is 48.5 Å². The summed E-state index contributed by atoms with van der Waals surface area (Å²) >= 11 is 3.71. The molecule has 2 rings (SSSR count). The Hall–Kier alpha value is -0.471. The van der Waals surface area contributed by atoms with E-state index in [-0.39, 0.29) is 0 Å². The number of rotatable bonds is 11. The Morgan fingerprint density at radius 2 is 1.19 bits per heavy atom. The molecule has 0 saturated heterocycles. The molecule has 0 aromatic heterocycles. The Morgan fingerprint density at radius 1 is 0.692 bits per heavy atom. The molecular formula is C24H35ClSn. The van der Waals surface area contributed by atoms with Gasteiger partial charge in [-0.25, -0.2) is 0 Å². The molecule has 0 fully saturated rings. The van der Waals surface area contributed by atoms with Crippen LogP contribution in [0.3, 0.4) is 0 Å². The molecule has 2 heteroatoms. The normalized spacial score (nSPS) is 11.7. The average Bonchev–Trinajstić information content (AvgIpc) is 2.68. The first-order valence-corrected chi connectivity index (χ1v) is 18.4. The molecule has 26 heavy (non-hydrogen) atoms. The molecule has 2 aromatic carbocycles. The van der Waals surface area contributed by atoms with Crippen molar-refractivity contribution < 1.29 is 0 Å². The monoisotopic (exact) mass is 478 g/mol. The van der Waals surface area contributed by atoms with E-state index in [2.05, 4.69) is 57.2 Å². The Bertz CT molecular complexity index is 626. The Kier molecular flexibility index (Phi) is 9.56. The summed E-state index contributed by atoms with van der Waals surface area (Å²) in [6.45, 7) is 7.05. The second-order valence-electron chi connectivity index (χ2n) is 7.64. The van der Waals surface area contributed by atoms with E-state index in [0.717, 1.165) is 5.02 Å². The van der Waals surface area contributed by atoms with Crippen molar-refractivity contribution in [2.24, 2.45) is 0 Å². The fraction of sp³-hybridized carbons (Fsp3) is 0.500. The van der Waals surface area contributed by atoms with Crippen LogP contribution in [0.2, 0.25) is 18.3 Å². The first-order chi connectivity index (χ1) is 12.7. The molecule has 0 radical (unpaired) electrons. The van der Waals surface area contributed by atoms with Crippen molar-refractivity contribution in [1.82, 2.24) is 0 Å². The summed E-state index contributed by atoms with van der Waals surface area (Å²) in [4.78, 5) is 0. The van der Waals surface area contributed by atoms with Gasteiger partial charge in [0.25, 0.3) is 0 Å². The zero-order chi connectivity index (χ0) is 18.8. The number of benzene rings is 2. The van der Waals surface area contributed by atoms with Gasteiger partial charge in [0.05, 0.1) is 0 Å². The van der Waals surface area contributed by atoms with E-state index in [1.54, 1.807) is 3.58 Å². The molecule has 0 saturated carbocycles. The van der Waals surface area contributed by atoms with Crippen LogP contribution in [-0.4, -0.2) is 18.4 Å². The predicted molar refractivity (Wildman–Crippen MR) is 121 cm³/mol. The molecule has 0 bridgehead atoms. The van der Waals surface area contributed by atoms with Gasteiger partial charge >= 0.3 is 171 Å². The third kappa shape index (κ3) is 5.76. The second kappa shape index (κ2) is 11.4. The van der Waals surface area contributed by atoms with Gasteiger partial charge in [-0.1, -0.05) is 0 Å². The Labute approximate surface area is 170 Å². The molecule has 0 aliphatic carbocycles. The second-order valence-corrected chi connectivity index (χ2v) is 21.2. The van der Waals surface area contributed by atoms with Gasteiger partial charge in [0.1, 0.15) is 0 Å².